The molecule has 21 heavy (non-hydrogen) atoms. The molecule has 5 nitrogen and oxygen atoms in total. The third-order valence-corrected chi connectivity index (χ3v) is 3.31. The van der Waals surface area contributed by atoms with E-state index >= 15 is 0 Å². The Morgan fingerprint density at radius 3 is 2.86 bits per heavy atom. The van der Waals surface area contributed by atoms with Gasteiger partial charge in [-0.3, -0.25) is 4.79 Å². The second kappa shape index (κ2) is 6.92. The Morgan fingerprint density at radius 1 is 1.38 bits per heavy atom. The number of benzene rings is 1. The van der Waals surface area contributed by atoms with E-state index in [1.54, 1.807) is 6.20 Å². The maximum absolute atomic E-state index is 12.4. The average molecular weight is 286 g/mol. The lowest BCUT2D eigenvalue weighted by atomic mass is 10.1. The monoisotopic (exact) mass is 286 g/mol. The second-order valence-electron chi connectivity index (χ2n) is 5.11. The summed E-state index contributed by atoms with van der Waals surface area (Å²) < 4.78 is 1.89. The number of carbonyl (C=O) groups excluding carboxylic acids is 1. The number of carbonyl (C=O) groups is 1. The van der Waals surface area contributed by atoms with Gasteiger partial charge in [-0.15, -0.1) is 0 Å². The number of nitrogens with one attached hydrogen (secondary N) is 2. The normalized spacial score (nSPS) is 10.4. The van der Waals surface area contributed by atoms with Gasteiger partial charge in [-0.25, -0.2) is 4.98 Å². The molecular weight excluding hydrogens is 264 g/mol. The SMILES string of the molecule is CCCNc1cc(C)ccc1C(=O)NCc1nccn1C. The maximum Gasteiger partial charge on any atom is 0.253 e. The van der Waals surface area contributed by atoms with Gasteiger partial charge in [0.15, 0.2) is 0 Å². The van der Waals surface area contributed by atoms with Crippen LogP contribution in [0.1, 0.15) is 35.1 Å². The number of hydrogen-bond donors (Lipinski definition) is 2. The molecule has 0 bridgehead atoms. The molecule has 0 fully saturated rings. The predicted octanol–water partition coefficient (Wildman–Crippen LogP) is 2.48. The van der Waals surface area contributed by atoms with E-state index in [1.165, 1.54) is 0 Å². The van der Waals surface area contributed by atoms with Crippen LogP contribution in [-0.2, 0) is 13.6 Å². The van der Waals surface area contributed by atoms with E-state index in [1.807, 2.05) is 42.9 Å². The highest BCUT2D eigenvalue weighted by Crippen LogP contribution is 2.17. The minimum absolute atomic E-state index is 0.0865. The Kier molecular flexibility index (Phi) is 4.98. The second-order valence-corrected chi connectivity index (χ2v) is 5.11. The lowest BCUT2D eigenvalue weighted by molar-refractivity contribution is 0.0950. The number of imidazole rings is 1. The van der Waals surface area contributed by atoms with Crippen LogP contribution in [0.5, 0.6) is 0 Å². The van der Waals surface area contributed by atoms with Gasteiger partial charge in [0.25, 0.3) is 5.91 Å². The van der Waals surface area contributed by atoms with E-state index in [-0.39, 0.29) is 5.91 Å². The third kappa shape index (κ3) is 3.84. The van der Waals surface area contributed by atoms with Crippen molar-refractivity contribution in [2.75, 3.05) is 11.9 Å². The molecule has 1 aromatic carbocycles. The molecule has 0 atom stereocenters. The van der Waals surface area contributed by atoms with Crippen molar-refractivity contribution in [1.82, 2.24) is 14.9 Å². The highest BCUT2D eigenvalue weighted by molar-refractivity contribution is 5.99. The first kappa shape index (κ1) is 15.1. The largest absolute Gasteiger partial charge is 0.384 e. The molecule has 2 rings (SSSR count). The topological polar surface area (TPSA) is 59.0 Å². The van der Waals surface area contributed by atoms with Crippen molar-refractivity contribution in [3.05, 3.63) is 47.5 Å². The third-order valence-electron chi connectivity index (χ3n) is 3.31. The van der Waals surface area contributed by atoms with E-state index in [4.69, 9.17) is 0 Å². The molecule has 1 aromatic heterocycles. The first-order valence-electron chi connectivity index (χ1n) is 7.20. The molecular formula is C16H22N4O. The molecule has 0 spiro atoms. The first-order valence-corrected chi connectivity index (χ1v) is 7.20. The molecule has 1 amide bonds. The van der Waals surface area contributed by atoms with Gasteiger partial charge in [0.1, 0.15) is 5.82 Å². The van der Waals surface area contributed by atoms with Gasteiger partial charge in [-0.1, -0.05) is 13.0 Å². The minimum atomic E-state index is -0.0865. The zero-order valence-corrected chi connectivity index (χ0v) is 12.8. The molecule has 0 radical (unpaired) electrons. The van der Waals surface area contributed by atoms with E-state index in [0.717, 1.165) is 30.0 Å². The summed E-state index contributed by atoms with van der Waals surface area (Å²) in [6.45, 7) is 5.39. The summed E-state index contributed by atoms with van der Waals surface area (Å²) >= 11 is 0. The summed E-state index contributed by atoms with van der Waals surface area (Å²) in [7, 11) is 1.91. The zero-order chi connectivity index (χ0) is 15.2. The summed E-state index contributed by atoms with van der Waals surface area (Å²) in [6, 6.07) is 5.82. The Labute approximate surface area is 125 Å². The van der Waals surface area contributed by atoms with Crippen molar-refractivity contribution in [1.29, 1.82) is 0 Å². The van der Waals surface area contributed by atoms with Crippen LogP contribution in [0, 0.1) is 6.92 Å². The van der Waals surface area contributed by atoms with Gasteiger partial charge in [-0.05, 0) is 31.0 Å². The number of rotatable bonds is 6. The van der Waals surface area contributed by atoms with Gasteiger partial charge in [0, 0.05) is 31.7 Å². The smallest absolute Gasteiger partial charge is 0.253 e. The molecule has 0 saturated carbocycles. The number of amides is 1. The van der Waals surface area contributed by atoms with Gasteiger partial charge < -0.3 is 15.2 Å². The van der Waals surface area contributed by atoms with Crippen LogP contribution in [0.25, 0.3) is 0 Å². The van der Waals surface area contributed by atoms with Gasteiger partial charge in [0.2, 0.25) is 0 Å². The number of aromatic nitrogens is 2. The quantitative estimate of drug-likeness (QED) is 0.857. The van der Waals surface area contributed by atoms with Crippen LogP contribution in [0.3, 0.4) is 0 Å². The average Bonchev–Trinajstić information content (AvgIpc) is 2.88. The molecule has 0 aliphatic carbocycles. The molecule has 2 N–H and O–H groups in total. The molecule has 5 heteroatoms. The molecule has 0 saturated heterocycles. The highest BCUT2D eigenvalue weighted by atomic mass is 16.1. The number of aryl methyl sites for hydroxylation is 2. The number of nitrogens with zero attached hydrogens (tertiary/aromatic N) is 2. The van der Waals surface area contributed by atoms with Gasteiger partial charge >= 0.3 is 0 Å². The van der Waals surface area contributed by atoms with Crippen molar-refractivity contribution in [2.45, 2.75) is 26.8 Å². The van der Waals surface area contributed by atoms with Crippen molar-refractivity contribution in [2.24, 2.45) is 7.05 Å². The Balaban J connectivity index is 2.09. The van der Waals surface area contributed by atoms with Gasteiger partial charge in [-0.2, -0.15) is 0 Å². The van der Waals surface area contributed by atoms with Crippen molar-refractivity contribution >= 4 is 11.6 Å². The van der Waals surface area contributed by atoms with E-state index < -0.39 is 0 Å². The fourth-order valence-electron chi connectivity index (χ4n) is 2.08. The first-order chi connectivity index (χ1) is 10.1. The summed E-state index contributed by atoms with van der Waals surface area (Å²) in [6.07, 6.45) is 4.60. The minimum Gasteiger partial charge on any atom is -0.384 e. The van der Waals surface area contributed by atoms with Crippen LogP contribution in [0.4, 0.5) is 5.69 Å². The highest BCUT2D eigenvalue weighted by Gasteiger charge is 2.12. The summed E-state index contributed by atoms with van der Waals surface area (Å²) in [4.78, 5) is 16.6. The molecule has 0 aliphatic heterocycles. The van der Waals surface area contributed by atoms with Crippen molar-refractivity contribution in [3.63, 3.8) is 0 Å². The van der Waals surface area contributed by atoms with Crippen LogP contribution < -0.4 is 10.6 Å². The van der Waals surface area contributed by atoms with Gasteiger partial charge in [0.05, 0.1) is 12.1 Å². The lowest BCUT2D eigenvalue weighted by Gasteiger charge is -2.12. The van der Waals surface area contributed by atoms with Crippen molar-refractivity contribution < 1.29 is 4.79 Å². The number of anilines is 1. The van der Waals surface area contributed by atoms with Crippen molar-refractivity contribution in [3.8, 4) is 0 Å². The fraction of sp³-hybridized carbons (Fsp3) is 0.375. The van der Waals surface area contributed by atoms with Crippen LogP contribution in [0.2, 0.25) is 0 Å². The van der Waals surface area contributed by atoms with E-state index in [0.29, 0.717) is 12.1 Å². The number of hydrogen-bond acceptors (Lipinski definition) is 3. The fourth-order valence-corrected chi connectivity index (χ4v) is 2.08. The van der Waals surface area contributed by atoms with Crippen LogP contribution in [0.15, 0.2) is 30.6 Å². The molecule has 0 aliphatic rings. The summed E-state index contributed by atoms with van der Waals surface area (Å²) in [5.74, 6) is 0.745. The van der Waals surface area contributed by atoms with E-state index in [9.17, 15) is 4.79 Å². The molecule has 2 aromatic rings. The standard InChI is InChI=1S/C16H22N4O/c1-4-7-17-14-10-12(2)5-6-13(14)16(21)19-11-15-18-8-9-20(15)3/h5-6,8-10,17H,4,7,11H2,1-3H3,(H,19,21). The van der Waals surface area contributed by atoms with Crippen LogP contribution in [-0.4, -0.2) is 22.0 Å². The summed E-state index contributed by atoms with van der Waals surface area (Å²) in [5, 5.41) is 6.22. The lowest BCUT2D eigenvalue weighted by Crippen LogP contribution is -2.25. The Bertz CT molecular complexity index is 618. The van der Waals surface area contributed by atoms with Crippen LogP contribution >= 0.6 is 0 Å². The molecule has 1 heterocycles. The molecule has 112 valence electrons. The maximum atomic E-state index is 12.4. The predicted molar refractivity (Wildman–Crippen MR) is 84.3 cm³/mol. The molecule has 0 unspecified atom stereocenters. The zero-order valence-electron chi connectivity index (χ0n) is 12.8. The summed E-state index contributed by atoms with van der Waals surface area (Å²) in [5.41, 5.74) is 2.69. The van der Waals surface area contributed by atoms with E-state index in [2.05, 4.69) is 22.5 Å². The Morgan fingerprint density at radius 2 is 2.19 bits per heavy atom. The Hall–Kier alpha value is -2.30.